The molecule has 0 heterocycles. The second-order valence-corrected chi connectivity index (χ2v) is 2.22. The van der Waals surface area contributed by atoms with E-state index in [2.05, 4.69) is 11.3 Å². The summed E-state index contributed by atoms with van der Waals surface area (Å²) < 4.78 is 4.14. The minimum Gasteiger partial charge on any atom is -0.481 e. The first-order valence-electron chi connectivity index (χ1n) is 4.00. The first-order chi connectivity index (χ1) is 6.08. The smallest absolute Gasteiger partial charge is 0.329 e. The Morgan fingerprint density at radius 1 is 1.54 bits per heavy atom. The number of aliphatic carboxylic acids is 1. The number of rotatable bonds is 4. The minimum atomic E-state index is -0.693. The van der Waals surface area contributed by atoms with Gasteiger partial charge < -0.3 is 9.84 Å². The molecule has 0 radical (unpaired) electrons. The number of hydrogen-bond acceptors (Lipinski definition) is 3. The molecule has 0 unspecified atom stereocenters. The van der Waals surface area contributed by atoms with Gasteiger partial charge in [0.25, 0.3) is 0 Å². The molecule has 0 amide bonds. The Morgan fingerprint density at radius 2 is 2.08 bits per heavy atom. The van der Waals surface area contributed by atoms with E-state index in [1.165, 1.54) is 7.11 Å². The Balaban J connectivity index is 0. The molecule has 0 atom stereocenters. The predicted octanol–water partition coefficient (Wildman–Crippen LogP) is 1.61. The molecule has 0 aliphatic heterocycles. The van der Waals surface area contributed by atoms with Crippen LogP contribution in [0.3, 0.4) is 0 Å². The van der Waals surface area contributed by atoms with Gasteiger partial charge in [0.1, 0.15) is 0 Å². The number of unbranched alkanes of at least 4 members (excludes halogenated alkanes) is 1. The van der Waals surface area contributed by atoms with E-state index < -0.39 is 11.9 Å². The standard InChI is InChI=1S/C5H10O2.C4H6O2/c1-2-3-4-5(6)7;1-3-4(5)6-2/h2-4H2,1H3,(H,6,7);3H,1H2,2H3. The number of carbonyl (C=O) groups excluding carboxylic acids is 1. The van der Waals surface area contributed by atoms with Crippen molar-refractivity contribution < 1.29 is 19.4 Å². The summed E-state index contributed by atoms with van der Waals surface area (Å²) >= 11 is 0. The molecule has 0 spiro atoms. The second-order valence-electron chi connectivity index (χ2n) is 2.22. The number of carboxylic acid groups (broad SMARTS) is 1. The zero-order valence-electron chi connectivity index (χ0n) is 8.08. The normalized spacial score (nSPS) is 7.85. The molecule has 0 aromatic heterocycles. The number of carbonyl (C=O) groups is 2. The lowest BCUT2D eigenvalue weighted by molar-refractivity contribution is -0.137. The minimum absolute atomic E-state index is 0.316. The quantitative estimate of drug-likeness (QED) is 0.537. The molecule has 0 saturated heterocycles. The van der Waals surface area contributed by atoms with Crippen molar-refractivity contribution >= 4 is 11.9 Å². The van der Waals surface area contributed by atoms with E-state index in [0.717, 1.165) is 18.9 Å². The third-order valence-electron chi connectivity index (χ3n) is 1.11. The molecule has 4 heteroatoms. The summed E-state index contributed by atoms with van der Waals surface area (Å²) in [6, 6.07) is 0. The van der Waals surface area contributed by atoms with Crippen molar-refractivity contribution in [1.29, 1.82) is 0 Å². The molecular weight excluding hydrogens is 172 g/mol. The van der Waals surface area contributed by atoms with Crippen molar-refractivity contribution in [2.75, 3.05) is 7.11 Å². The van der Waals surface area contributed by atoms with Crippen molar-refractivity contribution in [1.82, 2.24) is 0 Å². The number of carboxylic acids is 1. The molecule has 0 aromatic carbocycles. The monoisotopic (exact) mass is 188 g/mol. The molecule has 0 aromatic rings. The van der Waals surface area contributed by atoms with Crippen LogP contribution in [0.25, 0.3) is 0 Å². The summed E-state index contributed by atoms with van der Waals surface area (Å²) in [7, 11) is 1.31. The van der Waals surface area contributed by atoms with Crippen molar-refractivity contribution in [3.05, 3.63) is 12.7 Å². The summed E-state index contributed by atoms with van der Waals surface area (Å²) in [6.07, 6.45) is 3.19. The molecule has 0 rings (SSSR count). The van der Waals surface area contributed by atoms with Gasteiger partial charge in [-0.15, -0.1) is 0 Å². The summed E-state index contributed by atoms with van der Waals surface area (Å²) in [6.45, 7) is 5.13. The molecule has 0 bridgehead atoms. The van der Waals surface area contributed by atoms with Gasteiger partial charge in [0.2, 0.25) is 0 Å². The summed E-state index contributed by atoms with van der Waals surface area (Å²) in [5.41, 5.74) is 0. The fourth-order valence-electron chi connectivity index (χ4n) is 0.411. The van der Waals surface area contributed by atoms with Crippen molar-refractivity contribution in [3.8, 4) is 0 Å². The molecule has 0 aliphatic rings. The van der Waals surface area contributed by atoms with Crippen LogP contribution in [0, 0.1) is 0 Å². The Morgan fingerprint density at radius 3 is 2.15 bits per heavy atom. The summed E-state index contributed by atoms with van der Waals surface area (Å²) in [5, 5.41) is 8.04. The number of esters is 1. The van der Waals surface area contributed by atoms with E-state index in [9.17, 15) is 9.59 Å². The van der Waals surface area contributed by atoms with Crippen LogP contribution in [0.5, 0.6) is 0 Å². The molecular formula is C9H16O4. The van der Waals surface area contributed by atoms with Crippen LogP contribution in [0.15, 0.2) is 12.7 Å². The molecule has 0 aliphatic carbocycles. The number of methoxy groups -OCH3 is 1. The fraction of sp³-hybridized carbons (Fsp3) is 0.556. The Hall–Kier alpha value is -1.32. The van der Waals surface area contributed by atoms with Crippen LogP contribution in [-0.2, 0) is 14.3 Å². The zero-order chi connectivity index (χ0) is 10.7. The van der Waals surface area contributed by atoms with Gasteiger partial charge in [0.15, 0.2) is 0 Å². The van der Waals surface area contributed by atoms with E-state index >= 15 is 0 Å². The predicted molar refractivity (Wildman–Crippen MR) is 49.4 cm³/mol. The van der Waals surface area contributed by atoms with Crippen molar-refractivity contribution in [3.63, 3.8) is 0 Å². The van der Waals surface area contributed by atoms with Crippen LogP contribution in [0.4, 0.5) is 0 Å². The molecule has 0 saturated carbocycles. The molecule has 13 heavy (non-hydrogen) atoms. The van der Waals surface area contributed by atoms with Gasteiger partial charge in [0, 0.05) is 12.5 Å². The molecule has 76 valence electrons. The number of ether oxygens (including phenoxy) is 1. The highest BCUT2D eigenvalue weighted by atomic mass is 16.5. The topological polar surface area (TPSA) is 63.6 Å². The highest BCUT2D eigenvalue weighted by molar-refractivity contribution is 5.80. The average Bonchev–Trinajstić information content (AvgIpc) is 2.14. The van der Waals surface area contributed by atoms with Gasteiger partial charge in [0.05, 0.1) is 7.11 Å². The second kappa shape index (κ2) is 10.7. The Labute approximate surface area is 78.2 Å². The Bertz CT molecular complexity index is 163. The van der Waals surface area contributed by atoms with E-state index in [0.29, 0.717) is 6.42 Å². The Kier molecular flexibility index (Phi) is 11.7. The third kappa shape index (κ3) is 18.0. The van der Waals surface area contributed by atoms with Crippen LogP contribution >= 0.6 is 0 Å². The highest BCUT2D eigenvalue weighted by Gasteiger charge is 1.90. The first-order valence-corrected chi connectivity index (χ1v) is 4.00. The summed E-state index contributed by atoms with van der Waals surface area (Å²) in [5.74, 6) is -1.09. The van der Waals surface area contributed by atoms with E-state index in [1.54, 1.807) is 0 Å². The van der Waals surface area contributed by atoms with Crippen LogP contribution in [0.2, 0.25) is 0 Å². The van der Waals surface area contributed by atoms with Crippen LogP contribution in [-0.4, -0.2) is 24.2 Å². The number of hydrogen-bond donors (Lipinski definition) is 1. The van der Waals surface area contributed by atoms with Crippen LogP contribution < -0.4 is 0 Å². The maximum atomic E-state index is 9.84. The molecule has 4 nitrogen and oxygen atoms in total. The summed E-state index contributed by atoms with van der Waals surface area (Å²) in [4.78, 5) is 19.6. The lowest BCUT2D eigenvalue weighted by atomic mass is 10.3. The SMILES string of the molecule is C=CC(=O)OC.CCCCC(=O)O. The molecule has 1 N–H and O–H groups in total. The van der Waals surface area contributed by atoms with Crippen molar-refractivity contribution in [2.24, 2.45) is 0 Å². The van der Waals surface area contributed by atoms with Gasteiger partial charge >= 0.3 is 11.9 Å². The average molecular weight is 188 g/mol. The van der Waals surface area contributed by atoms with E-state index in [4.69, 9.17) is 5.11 Å². The van der Waals surface area contributed by atoms with Crippen molar-refractivity contribution in [2.45, 2.75) is 26.2 Å². The van der Waals surface area contributed by atoms with Gasteiger partial charge in [-0.1, -0.05) is 19.9 Å². The maximum Gasteiger partial charge on any atom is 0.329 e. The highest BCUT2D eigenvalue weighted by Crippen LogP contribution is 1.91. The lowest BCUT2D eigenvalue weighted by Crippen LogP contribution is -1.91. The van der Waals surface area contributed by atoms with Crippen LogP contribution in [0.1, 0.15) is 26.2 Å². The van der Waals surface area contributed by atoms with Gasteiger partial charge in [-0.3, -0.25) is 4.79 Å². The zero-order valence-corrected chi connectivity index (χ0v) is 8.08. The lowest BCUT2D eigenvalue weighted by Gasteiger charge is -1.85. The molecule has 0 fully saturated rings. The van der Waals surface area contributed by atoms with Gasteiger partial charge in [-0.05, 0) is 6.42 Å². The largest absolute Gasteiger partial charge is 0.481 e. The van der Waals surface area contributed by atoms with Gasteiger partial charge in [-0.25, -0.2) is 4.79 Å². The maximum absolute atomic E-state index is 9.84. The van der Waals surface area contributed by atoms with Gasteiger partial charge in [-0.2, -0.15) is 0 Å². The third-order valence-corrected chi connectivity index (χ3v) is 1.11. The van der Waals surface area contributed by atoms with E-state index in [-0.39, 0.29) is 0 Å². The fourth-order valence-corrected chi connectivity index (χ4v) is 0.411. The van der Waals surface area contributed by atoms with E-state index in [1.807, 2.05) is 6.92 Å². The first kappa shape index (κ1) is 14.2.